The van der Waals surface area contributed by atoms with Gasteiger partial charge < -0.3 is 9.64 Å². The van der Waals surface area contributed by atoms with Gasteiger partial charge in [0.1, 0.15) is 5.75 Å². The summed E-state index contributed by atoms with van der Waals surface area (Å²) < 4.78 is 32.8. The molecule has 0 aromatic heterocycles. The van der Waals surface area contributed by atoms with Gasteiger partial charge in [-0.25, -0.2) is 13.1 Å². The van der Waals surface area contributed by atoms with Crippen LogP contribution in [0, 0.1) is 6.92 Å². The molecule has 1 aliphatic heterocycles. The Kier molecular flexibility index (Phi) is 5.29. The molecule has 2 aromatic rings. The Morgan fingerprint density at radius 1 is 1.15 bits per heavy atom. The zero-order chi connectivity index (χ0) is 18.7. The summed E-state index contributed by atoms with van der Waals surface area (Å²) in [4.78, 5) is 13.8. The fourth-order valence-electron chi connectivity index (χ4n) is 3.01. The summed E-state index contributed by atoms with van der Waals surface area (Å²) >= 11 is 0. The number of anilines is 1. The van der Waals surface area contributed by atoms with Gasteiger partial charge in [0.15, 0.2) is 0 Å². The number of nitrogens with one attached hydrogen (secondary N) is 1. The van der Waals surface area contributed by atoms with Crippen molar-refractivity contribution in [2.45, 2.75) is 31.2 Å². The highest BCUT2D eigenvalue weighted by Crippen LogP contribution is 2.27. The molecular formula is C19H22N2O4S. The first-order valence-corrected chi connectivity index (χ1v) is 9.92. The lowest BCUT2D eigenvalue weighted by molar-refractivity contribution is -0.117. The van der Waals surface area contributed by atoms with Gasteiger partial charge in [-0.05, 0) is 54.8 Å². The summed E-state index contributed by atoms with van der Waals surface area (Å²) in [5, 5.41) is 0. The van der Waals surface area contributed by atoms with E-state index >= 15 is 0 Å². The largest absolute Gasteiger partial charge is 0.497 e. The van der Waals surface area contributed by atoms with Gasteiger partial charge in [-0.1, -0.05) is 12.1 Å². The number of rotatable bonds is 6. The van der Waals surface area contributed by atoms with Crippen molar-refractivity contribution in [1.29, 1.82) is 0 Å². The average Bonchev–Trinajstić information content (AvgIpc) is 3.06. The quantitative estimate of drug-likeness (QED) is 0.843. The SMILES string of the molecule is COc1ccc(CNS(=O)(=O)c2ccc(N3CCCC3=O)c(C)c2)cc1. The average molecular weight is 374 g/mol. The highest BCUT2D eigenvalue weighted by molar-refractivity contribution is 7.89. The molecule has 0 aliphatic carbocycles. The number of sulfonamides is 1. The van der Waals surface area contributed by atoms with Crippen molar-refractivity contribution in [1.82, 2.24) is 4.72 Å². The standard InChI is InChI=1S/C19H22N2O4S/c1-14-12-17(9-10-18(14)21-11-3-4-19(21)22)26(23,24)20-13-15-5-7-16(25-2)8-6-15/h5-10,12,20H,3-4,11,13H2,1-2H3. The molecule has 26 heavy (non-hydrogen) atoms. The van der Waals surface area contributed by atoms with Crippen LogP contribution in [0.4, 0.5) is 5.69 Å². The zero-order valence-corrected chi connectivity index (χ0v) is 15.7. The van der Waals surface area contributed by atoms with Crippen LogP contribution in [0.1, 0.15) is 24.0 Å². The summed E-state index contributed by atoms with van der Waals surface area (Å²) in [6.45, 7) is 2.70. The molecule has 0 atom stereocenters. The molecular weight excluding hydrogens is 352 g/mol. The van der Waals surface area contributed by atoms with Crippen LogP contribution >= 0.6 is 0 Å². The number of aryl methyl sites for hydroxylation is 1. The molecule has 0 radical (unpaired) electrons. The van der Waals surface area contributed by atoms with Crippen molar-refractivity contribution in [3.63, 3.8) is 0 Å². The third-order valence-corrected chi connectivity index (χ3v) is 5.87. The van der Waals surface area contributed by atoms with E-state index in [1.54, 1.807) is 42.3 Å². The number of hydrogen-bond acceptors (Lipinski definition) is 4. The normalized spacial score (nSPS) is 14.7. The highest BCUT2D eigenvalue weighted by atomic mass is 32.2. The van der Waals surface area contributed by atoms with Crippen LogP contribution in [-0.2, 0) is 21.4 Å². The van der Waals surface area contributed by atoms with Crippen LogP contribution in [0.15, 0.2) is 47.4 Å². The van der Waals surface area contributed by atoms with E-state index in [0.717, 1.165) is 29.0 Å². The van der Waals surface area contributed by atoms with Crippen LogP contribution in [0.2, 0.25) is 0 Å². The lowest BCUT2D eigenvalue weighted by atomic mass is 10.2. The van der Waals surface area contributed by atoms with Gasteiger partial charge in [0, 0.05) is 25.2 Å². The second-order valence-electron chi connectivity index (χ2n) is 6.27. The summed E-state index contributed by atoms with van der Waals surface area (Å²) in [6.07, 6.45) is 1.38. The number of amides is 1. The first kappa shape index (κ1) is 18.4. The molecule has 138 valence electrons. The van der Waals surface area contributed by atoms with Crippen molar-refractivity contribution in [3.05, 3.63) is 53.6 Å². The molecule has 0 saturated carbocycles. The number of benzene rings is 2. The Labute approximate surface area is 153 Å². The van der Waals surface area contributed by atoms with Crippen LogP contribution in [0.3, 0.4) is 0 Å². The Hall–Kier alpha value is -2.38. The Balaban J connectivity index is 1.74. The van der Waals surface area contributed by atoms with Crippen molar-refractivity contribution >= 4 is 21.6 Å². The van der Waals surface area contributed by atoms with Crippen LogP contribution < -0.4 is 14.4 Å². The van der Waals surface area contributed by atoms with Gasteiger partial charge >= 0.3 is 0 Å². The number of hydrogen-bond donors (Lipinski definition) is 1. The Bertz CT molecular complexity index is 908. The monoisotopic (exact) mass is 374 g/mol. The van der Waals surface area contributed by atoms with Gasteiger partial charge in [0.25, 0.3) is 0 Å². The maximum atomic E-state index is 12.6. The minimum absolute atomic E-state index is 0.0846. The Morgan fingerprint density at radius 3 is 2.46 bits per heavy atom. The number of nitrogens with zero attached hydrogens (tertiary/aromatic N) is 1. The van der Waals surface area contributed by atoms with Crippen molar-refractivity contribution in [3.8, 4) is 5.75 Å². The smallest absolute Gasteiger partial charge is 0.240 e. The maximum Gasteiger partial charge on any atom is 0.240 e. The van der Waals surface area contributed by atoms with Crippen LogP contribution in [-0.4, -0.2) is 28.0 Å². The van der Waals surface area contributed by atoms with Crippen molar-refractivity contribution in [2.24, 2.45) is 0 Å². The van der Waals surface area contributed by atoms with Gasteiger partial charge in [-0.3, -0.25) is 4.79 Å². The molecule has 0 unspecified atom stereocenters. The topological polar surface area (TPSA) is 75.7 Å². The third-order valence-electron chi connectivity index (χ3n) is 4.47. The predicted octanol–water partition coefficient (Wildman–Crippen LogP) is 2.61. The van der Waals surface area contributed by atoms with Crippen molar-refractivity contribution < 1.29 is 17.9 Å². The molecule has 0 spiro atoms. The molecule has 1 N–H and O–H groups in total. The van der Waals surface area contributed by atoms with E-state index in [4.69, 9.17) is 4.74 Å². The molecule has 1 heterocycles. The molecule has 2 aromatic carbocycles. The van der Waals surface area contributed by atoms with E-state index in [1.165, 1.54) is 0 Å². The zero-order valence-electron chi connectivity index (χ0n) is 14.9. The number of carbonyl (C=O) groups excluding carboxylic acids is 1. The number of methoxy groups -OCH3 is 1. The molecule has 0 bridgehead atoms. The summed E-state index contributed by atoms with van der Waals surface area (Å²) in [5.41, 5.74) is 2.39. The summed E-state index contributed by atoms with van der Waals surface area (Å²) in [5.74, 6) is 0.806. The minimum atomic E-state index is -3.64. The first-order valence-electron chi connectivity index (χ1n) is 8.44. The van der Waals surface area contributed by atoms with Gasteiger partial charge in [-0.2, -0.15) is 0 Å². The number of carbonyl (C=O) groups is 1. The van der Waals surface area contributed by atoms with Crippen molar-refractivity contribution in [2.75, 3.05) is 18.6 Å². The van der Waals surface area contributed by atoms with E-state index in [9.17, 15) is 13.2 Å². The van der Waals surface area contributed by atoms with E-state index in [-0.39, 0.29) is 17.3 Å². The van der Waals surface area contributed by atoms with Crippen LogP contribution in [0.25, 0.3) is 0 Å². The second kappa shape index (κ2) is 7.47. The fourth-order valence-corrected chi connectivity index (χ4v) is 4.11. The van der Waals surface area contributed by atoms with Gasteiger partial charge in [-0.15, -0.1) is 0 Å². The molecule has 1 saturated heterocycles. The van der Waals surface area contributed by atoms with Gasteiger partial charge in [0.2, 0.25) is 15.9 Å². The lowest BCUT2D eigenvalue weighted by Gasteiger charge is -2.19. The summed E-state index contributed by atoms with van der Waals surface area (Å²) in [7, 11) is -2.05. The molecule has 1 aliphatic rings. The fraction of sp³-hybridized carbons (Fsp3) is 0.316. The van der Waals surface area contributed by atoms with E-state index < -0.39 is 10.0 Å². The molecule has 1 amide bonds. The maximum absolute atomic E-state index is 12.6. The first-order chi connectivity index (χ1) is 12.4. The molecule has 1 fully saturated rings. The third kappa shape index (κ3) is 3.89. The highest BCUT2D eigenvalue weighted by Gasteiger charge is 2.24. The van der Waals surface area contributed by atoms with E-state index in [2.05, 4.69) is 4.72 Å². The van der Waals surface area contributed by atoms with Gasteiger partial charge in [0.05, 0.1) is 12.0 Å². The summed E-state index contributed by atoms with van der Waals surface area (Å²) in [6, 6.07) is 12.1. The Morgan fingerprint density at radius 2 is 1.88 bits per heavy atom. The van der Waals surface area contributed by atoms with E-state index in [1.807, 2.05) is 19.1 Å². The van der Waals surface area contributed by atoms with E-state index in [0.29, 0.717) is 13.0 Å². The van der Waals surface area contributed by atoms with Crippen LogP contribution in [0.5, 0.6) is 5.75 Å². The lowest BCUT2D eigenvalue weighted by Crippen LogP contribution is -2.26. The number of ether oxygens (including phenoxy) is 1. The predicted molar refractivity (Wildman–Crippen MR) is 99.8 cm³/mol. The molecule has 6 nitrogen and oxygen atoms in total. The molecule has 3 rings (SSSR count). The molecule has 7 heteroatoms. The second-order valence-corrected chi connectivity index (χ2v) is 8.04. The minimum Gasteiger partial charge on any atom is -0.497 e.